The SMILES string of the molecule is C=CCOC(C)C(=O)NC1CCN(c2ccccc2Cl)C1=O. The van der Waals surface area contributed by atoms with Gasteiger partial charge in [0.1, 0.15) is 12.1 Å². The van der Waals surface area contributed by atoms with Crippen molar-refractivity contribution in [2.45, 2.75) is 25.5 Å². The number of ether oxygens (including phenoxy) is 1. The first-order chi connectivity index (χ1) is 10.5. The van der Waals surface area contributed by atoms with E-state index in [2.05, 4.69) is 11.9 Å². The number of hydrogen-bond acceptors (Lipinski definition) is 3. The number of carbonyl (C=O) groups excluding carboxylic acids is 2. The average molecular weight is 323 g/mol. The van der Waals surface area contributed by atoms with E-state index in [-0.39, 0.29) is 11.8 Å². The van der Waals surface area contributed by atoms with Crippen molar-refractivity contribution in [3.05, 3.63) is 41.9 Å². The maximum absolute atomic E-state index is 12.4. The lowest BCUT2D eigenvalue weighted by Gasteiger charge is -2.19. The second-order valence-corrected chi connectivity index (χ2v) is 5.46. The maximum atomic E-state index is 12.4. The molecule has 0 bridgehead atoms. The van der Waals surface area contributed by atoms with Gasteiger partial charge in [-0.15, -0.1) is 6.58 Å². The Morgan fingerprint density at radius 3 is 3.00 bits per heavy atom. The van der Waals surface area contributed by atoms with Crippen LogP contribution in [0.2, 0.25) is 5.02 Å². The molecule has 1 heterocycles. The maximum Gasteiger partial charge on any atom is 0.249 e. The number of para-hydroxylation sites is 1. The van der Waals surface area contributed by atoms with Crippen LogP contribution in [0.5, 0.6) is 0 Å². The van der Waals surface area contributed by atoms with Crippen LogP contribution in [0.1, 0.15) is 13.3 Å². The number of rotatable bonds is 6. The second kappa shape index (κ2) is 7.42. The smallest absolute Gasteiger partial charge is 0.249 e. The molecule has 0 aliphatic carbocycles. The van der Waals surface area contributed by atoms with Crippen LogP contribution in [-0.4, -0.2) is 37.1 Å². The summed E-state index contributed by atoms with van der Waals surface area (Å²) < 4.78 is 5.25. The van der Waals surface area contributed by atoms with Crippen LogP contribution in [0.25, 0.3) is 0 Å². The first-order valence-electron chi connectivity index (χ1n) is 7.13. The van der Waals surface area contributed by atoms with Crippen molar-refractivity contribution in [1.29, 1.82) is 0 Å². The number of amides is 2. The van der Waals surface area contributed by atoms with E-state index in [4.69, 9.17) is 16.3 Å². The third-order valence-corrected chi connectivity index (χ3v) is 3.82. The van der Waals surface area contributed by atoms with E-state index in [0.29, 0.717) is 30.3 Å². The summed E-state index contributed by atoms with van der Waals surface area (Å²) in [6.45, 7) is 5.99. The van der Waals surface area contributed by atoms with Crippen molar-refractivity contribution in [3.8, 4) is 0 Å². The van der Waals surface area contributed by atoms with Gasteiger partial charge in [0.25, 0.3) is 0 Å². The van der Waals surface area contributed by atoms with Gasteiger partial charge in [0.2, 0.25) is 11.8 Å². The predicted octanol–water partition coefficient (Wildman–Crippen LogP) is 2.15. The highest BCUT2D eigenvalue weighted by Crippen LogP contribution is 2.28. The van der Waals surface area contributed by atoms with Crippen LogP contribution in [0.15, 0.2) is 36.9 Å². The van der Waals surface area contributed by atoms with Crippen molar-refractivity contribution in [3.63, 3.8) is 0 Å². The van der Waals surface area contributed by atoms with Crippen molar-refractivity contribution >= 4 is 29.1 Å². The summed E-state index contributed by atoms with van der Waals surface area (Å²) in [6, 6.07) is 6.62. The number of nitrogens with one attached hydrogen (secondary N) is 1. The quantitative estimate of drug-likeness (QED) is 0.816. The summed E-state index contributed by atoms with van der Waals surface area (Å²) in [5, 5.41) is 3.24. The van der Waals surface area contributed by atoms with Crippen LogP contribution in [-0.2, 0) is 14.3 Å². The van der Waals surface area contributed by atoms with E-state index in [9.17, 15) is 9.59 Å². The fraction of sp³-hybridized carbons (Fsp3) is 0.375. The normalized spacial score (nSPS) is 19.1. The lowest BCUT2D eigenvalue weighted by atomic mass is 10.2. The lowest BCUT2D eigenvalue weighted by Crippen LogP contribution is -2.45. The molecule has 2 atom stereocenters. The number of halogens is 1. The van der Waals surface area contributed by atoms with Gasteiger partial charge >= 0.3 is 0 Å². The van der Waals surface area contributed by atoms with E-state index < -0.39 is 12.1 Å². The third-order valence-electron chi connectivity index (χ3n) is 3.50. The Hall–Kier alpha value is -1.85. The molecule has 2 rings (SSSR count). The molecule has 0 spiro atoms. The van der Waals surface area contributed by atoms with Crippen LogP contribution in [0.4, 0.5) is 5.69 Å². The minimum Gasteiger partial charge on any atom is -0.365 e. The van der Waals surface area contributed by atoms with Crippen molar-refractivity contribution < 1.29 is 14.3 Å². The highest BCUT2D eigenvalue weighted by Gasteiger charge is 2.35. The summed E-state index contributed by atoms with van der Waals surface area (Å²) in [6.07, 6.45) is 1.49. The zero-order chi connectivity index (χ0) is 16.1. The number of nitrogens with zero attached hydrogens (tertiary/aromatic N) is 1. The number of benzene rings is 1. The van der Waals surface area contributed by atoms with Crippen molar-refractivity contribution in [1.82, 2.24) is 5.32 Å². The van der Waals surface area contributed by atoms with Crippen LogP contribution < -0.4 is 10.2 Å². The molecule has 1 aromatic rings. The molecule has 5 nitrogen and oxygen atoms in total. The minimum absolute atomic E-state index is 0.155. The highest BCUT2D eigenvalue weighted by atomic mass is 35.5. The van der Waals surface area contributed by atoms with Gasteiger partial charge in [-0.1, -0.05) is 29.8 Å². The molecule has 1 aliphatic rings. The van der Waals surface area contributed by atoms with Gasteiger partial charge in [0.15, 0.2) is 0 Å². The third kappa shape index (κ3) is 3.67. The van der Waals surface area contributed by atoms with E-state index in [1.807, 2.05) is 12.1 Å². The Balaban J connectivity index is 1.98. The molecule has 2 amide bonds. The van der Waals surface area contributed by atoms with E-state index in [0.717, 1.165) is 0 Å². The first kappa shape index (κ1) is 16.5. The van der Waals surface area contributed by atoms with Crippen LogP contribution in [0.3, 0.4) is 0 Å². The molecule has 1 fully saturated rings. The van der Waals surface area contributed by atoms with Crippen molar-refractivity contribution in [2.24, 2.45) is 0 Å². The lowest BCUT2D eigenvalue weighted by molar-refractivity contribution is -0.134. The topological polar surface area (TPSA) is 58.6 Å². The predicted molar refractivity (Wildman–Crippen MR) is 86.0 cm³/mol. The number of carbonyl (C=O) groups is 2. The second-order valence-electron chi connectivity index (χ2n) is 5.06. The molecule has 0 saturated carbocycles. The molecule has 2 unspecified atom stereocenters. The van der Waals surface area contributed by atoms with Crippen molar-refractivity contribution in [2.75, 3.05) is 18.1 Å². The molecule has 1 aromatic carbocycles. The van der Waals surface area contributed by atoms with Gasteiger partial charge < -0.3 is 15.0 Å². The molecule has 22 heavy (non-hydrogen) atoms. The molecular weight excluding hydrogens is 304 g/mol. The van der Waals surface area contributed by atoms with Gasteiger partial charge in [-0.05, 0) is 25.5 Å². The molecule has 1 N–H and O–H groups in total. The Morgan fingerprint density at radius 2 is 2.32 bits per heavy atom. The summed E-state index contributed by atoms with van der Waals surface area (Å²) in [4.78, 5) is 26.0. The fourth-order valence-corrected chi connectivity index (χ4v) is 2.54. The van der Waals surface area contributed by atoms with Gasteiger partial charge in [0.05, 0.1) is 17.3 Å². The highest BCUT2D eigenvalue weighted by molar-refractivity contribution is 6.34. The molecule has 118 valence electrons. The molecule has 1 aliphatic heterocycles. The molecule has 6 heteroatoms. The zero-order valence-corrected chi connectivity index (χ0v) is 13.2. The Bertz CT molecular complexity index is 576. The standard InChI is InChI=1S/C16H19ClN2O3/c1-3-10-22-11(2)15(20)18-13-8-9-19(16(13)21)14-7-5-4-6-12(14)17/h3-7,11,13H,1,8-10H2,2H3,(H,18,20). The van der Waals surface area contributed by atoms with E-state index in [1.165, 1.54) is 0 Å². The first-order valence-corrected chi connectivity index (χ1v) is 7.51. The molecular formula is C16H19ClN2O3. The number of anilines is 1. The van der Waals surface area contributed by atoms with Gasteiger partial charge in [-0.3, -0.25) is 9.59 Å². The molecule has 0 aromatic heterocycles. The summed E-state index contributed by atoms with van der Waals surface area (Å²) in [7, 11) is 0. The van der Waals surface area contributed by atoms with Crippen LogP contribution >= 0.6 is 11.6 Å². The summed E-state index contributed by atoms with van der Waals surface area (Å²) in [5.74, 6) is -0.460. The summed E-state index contributed by atoms with van der Waals surface area (Å²) in [5.41, 5.74) is 0.668. The average Bonchev–Trinajstić information content (AvgIpc) is 2.86. The molecule has 1 saturated heterocycles. The molecule has 0 radical (unpaired) electrons. The monoisotopic (exact) mass is 322 g/mol. The van der Waals surface area contributed by atoms with E-state index in [1.54, 1.807) is 30.0 Å². The largest absolute Gasteiger partial charge is 0.365 e. The Labute approximate surface area is 134 Å². The Kier molecular flexibility index (Phi) is 5.57. The number of hydrogen-bond donors (Lipinski definition) is 1. The van der Waals surface area contributed by atoms with Gasteiger partial charge in [-0.2, -0.15) is 0 Å². The fourth-order valence-electron chi connectivity index (χ4n) is 2.30. The Morgan fingerprint density at radius 1 is 1.59 bits per heavy atom. The van der Waals surface area contributed by atoms with E-state index >= 15 is 0 Å². The van der Waals surface area contributed by atoms with Gasteiger partial charge in [0, 0.05) is 6.54 Å². The van der Waals surface area contributed by atoms with Crippen LogP contribution in [0, 0.1) is 0 Å². The minimum atomic E-state index is -0.625. The van der Waals surface area contributed by atoms with Gasteiger partial charge in [-0.25, -0.2) is 0 Å². The summed E-state index contributed by atoms with van der Waals surface area (Å²) >= 11 is 6.12. The zero-order valence-electron chi connectivity index (χ0n) is 12.4.